The summed E-state index contributed by atoms with van der Waals surface area (Å²) >= 11 is 0. The summed E-state index contributed by atoms with van der Waals surface area (Å²) in [6.07, 6.45) is 0.981. The van der Waals surface area contributed by atoms with Crippen molar-refractivity contribution in [1.29, 1.82) is 0 Å². The summed E-state index contributed by atoms with van der Waals surface area (Å²) in [6, 6.07) is -2.80. The number of ketones is 1. The average Bonchev–Trinajstić information content (AvgIpc) is 3.10. The fourth-order valence-corrected chi connectivity index (χ4v) is 5.23. The number of Topliss-reactive ketones (excluding diaryl/α,β-unsaturated/α-hetero) is 1. The Morgan fingerprint density at radius 3 is 2.11 bits per heavy atom. The van der Waals surface area contributed by atoms with E-state index < -0.39 is 52.9 Å². The number of alkyl carbamates (subject to hydrolysis) is 1. The van der Waals surface area contributed by atoms with Crippen molar-refractivity contribution in [3.05, 3.63) is 0 Å². The highest BCUT2D eigenvalue weighted by Crippen LogP contribution is 2.65. The van der Waals surface area contributed by atoms with Crippen LogP contribution in [-0.2, 0) is 28.7 Å². The molecule has 2 N–H and O–H groups in total. The van der Waals surface area contributed by atoms with E-state index in [1.807, 2.05) is 27.7 Å². The van der Waals surface area contributed by atoms with E-state index in [1.54, 1.807) is 20.8 Å². The van der Waals surface area contributed by atoms with E-state index in [4.69, 9.17) is 4.74 Å². The van der Waals surface area contributed by atoms with Crippen LogP contribution < -0.4 is 10.6 Å². The molecule has 10 nitrogen and oxygen atoms in total. The van der Waals surface area contributed by atoms with Crippen LogP contribution in [0, 0.1) is 22.7 Å². The normalized spacial score (nSPS) is 23.8. The first kappa shape index (κ1) is 30.6. The summed E-state index contributed by atoms with van der Waals surface area (Å²) in [6.45, 7) is 17.1. The van der Waals surface area contributed by atoms with E-state index >= 15 is 0 Å². The molecule has 0 aromatic rings. The molecular formula is C27H45N3O7. The summed E-state index contributed by atoms with van der Waals surface area (Å²) in [5.41, 5.74) is -1.56. The molecule has 5 atom stereocenters. The maximum Gasteiger partial charge on any atom is 0.408 e. The van der Waals surface area contributed by atoms with Gasteiger partial charge in [0.1, 0.15) is 17.7 Å². The van der Waals surface area contributed by atoms with Gasteiger partial charge in [-0.2, -0.15) is 0 Å². The summed E-state index contributed by atoms with van der Waals surface area (Å²) in [4.78, 5) is 66.1. The number of nitrogens with one attached hydrogen (secondary N) is 2. The number of carbonyl (C=O) groups is 5. The number of unbranched alkanes of at least 4 members (excludes halogenated alkanes) is 1. The van der Waals surface area contributed by atoms with E-state index in [-0.39, 0.29) is 23.2 Å². The minimum atomic E-state index is -1.03. The monoisotopic (exact) mass is 523 g/mol. The van der Waals surface area contributed by atoms with Gasteiger partial charge in [-0.1, -0.05) is 54.4 Å². The molecule has 1 heterocycles. The van der Waals surface area contributed by atoms with Crippen LogP contribution in [0.5, 0.6) is 0 Å². The Morgan fingerprint density at radius 2 is 1.62 bits per heavy atom. The molecule has 0 aromatic carbocycles. The van der Waals surface area contributed by atoms with Crippen molar-refractivity contribution in [3.63, 3.8) is 0 Å². The van der Waals surface area contributed by atoms with Gasteiger partial charge in [-0.3, -0.25) is 14.4 Å². The molecule has 5 unspecified atom stereocenters. The lowest BCUT2D eigenvalue weighted by atomic mass is 9.85. The molecule has 10 heteroatoms. The van der Waals surface area contributed by atoms with Crippen molar-refractivity contribution in [1.82, 2.24) is 15.5 Å². The molecule has 2 fully saturated rings. The lowest BCUT2D eigenvalue weighted by molar-refractivity contribution is -0.153. The molecule has 2 rings (SSSR count). The predicted octanol–water partition coefficient (Wildman–Crippen LogP) is 2.83. The molecule has 0 bridgehead atoms. The van der Waals surface area contributed by atoms with Gasteiger partial charge in [0.2, 0.25) is 11.8 Å². The smallest absolute Gasteiger partial charge is 0.408 e. The van der Waals surface area contributed by atoms with Gasteiger partial charge in [0.05, 0.1) is 13.2 Å². The molecule has 0 radical (unpaired) electrons. The number of esters is 1. The molecular weight excluding hydrogens is 478 g/mol. The van der Waals surface area contributed by atoms with Crippen LogP contribution in [0.25, 0.3) is 0 Å². The Balaban J connectivity index is 2.32. The van der Waals surface area contributed by atoms with Crippen LogP contribution in [0.4, 0.5) is 4.79 Å². The SMILES string of the molecule is CCCCC(NC(=O)C1C2C(CN1C(=O)C(NC(=O)OC(C)(C)C)C(C)(C)C)C2(C)C)C(=O)C(=O)OC. The number of likely N-dealkylation sites (tertiary alicyclic amines) is 1. The molecule has 37 heavy (non-hydrogen) atoms. The molecule has 1 saturated carbocycles. The average molecular weight is 524 g/mol. The number of piperidine rings is 1. The number of nitrogens with zero attached hydrogens (tertiary/aromatic N) is 1. The zero-order chi connectivity index (χ0) is 28.5. The van der Waals surface area contributed by atoms with Crippen molar-refractivity contribution in [2.24, 2.45) is 22.7 Å². The van der Waals surface area contributed by atoms with Crippen LogP contribution in [0.3, 0.4) is 0 Å². The predicted molar refractivity (Wildman–Crippen MR) is 137 cm³/mol. The van der Waals surface area contributed by atoms with E-state index in [1.165, 1.54) is 4.90 Å². The first-order valence-electron chi connectivity index (χ1n) is 13.1. The minimum absolute atomic E-state index is 0.0985. The molecule has 0 aromatic heterocycles. The fourth-order valence-electron chi connectivity index (χ4n) is 5.23. The molecule has 0 spiro atoms. The van der Waals surface area contributed by atoms with Gasteiger partial charge in [-0.15, -0.1) is 0 Å². The van der Waals surface area contributed by atoms with Crippen LogP contribution in [0.15, 0.2) is 0 Å². The zero-order valence-electron chi connectivity index (χ0n) is 24.0. The quantitative estimate of drug-likeness (QED) is 0.351. The third-order valence-corrected chi connectivity index (χ3v) is 7.40. The third kappa shape index (κ3) is 7.02. The van der Waals surface area contributed by atoms with Crippen molar-refractivity contribution >= 4 is 29.7 Å². The number of ether oxygens (including phenoxy) is 2. The Bertz CT molecular complexity index is 916. The third-order valence-electron chi connectivity index (χ3n) is 7.40. The Kier molecular flexibility index (Phi) is 9.08. The number of amides is 3. The second kappa shape index (κ2) is 11.0. The van der Waals surface area contributed by atoms with Gasteiger partial charge in [0.25, 0.3) is 5.78 Å². The first-order valence-corrected chi connectivity index (χ1v) is 13.1. The number of fused-ring (bicyclic) bond motifs is 1. The van der Waals surface area contributed by atoms with Gasteiger partial charge in [-0.25, -0.2) is 9.59 Å². The second-order valence-corrected chi connectivity index (χ2v) is 12.9. The second-order valence-electron chi connectivity index (χ2n) is 12.9. The summed E-state index contributed by atoms with van der Waals surface area (Å²) in [5.74, 6) is -2.68. The van der Waals surface area contributed by atoms with Crippen molar-refractivity contribution in [2.45, 2.75) is 105 Å². The highest BCUT2D eigenvalue weighted by molar-refractivity contribution is 6.36. The first-order chi connectivity index (χ1) is 16.9. The minimum Gasteiger partial charge on any atom is -0.463 e. The van der Waals surface area contributed by atoms with Crippen LogP contribution in [0.2, 0.25) is 0 Å². The Labute approximate surface area is 220 Å². The molecule has 3 amide bonds. The summed E-state index contributed by atoms with van der Waals surface area (Å²) in [7, 11) is 1.12. The lowest BCUT2D eigenvalue weighted by Crippen LogP contribution is -2.60. The lowest BCUT2D eigenvalue weighted by Gasteiger charge is -2.38. The van der Waals surface area contributed by atoms with E-state index in [2.05, 4.69) is 29.2 Å². The zero-order valence-corrected chi connectivity index (χ0v) is 24.0. The van der Waals surface area contributed by atoms with Gasteiger partial charge >= 0.3 is 12.1 Å². The number of hydrogen-bond donors (Lipinski definition) is 2. The molecule has 2 aliphatic rings. The van der Waals surface area contributed by atoms with Gasteiger partial charge in [0, 0.05) is 6.54 Å². The van der Waals surface area contributed by atoms with Gasteiger partial charge < -0.3 is 25.0 Å². The summed E-state index contributed by atoms with van der Waals surface area (Å²) < 4.78 is 9.97. The topological polar surface area (TPSA) is 131 Å². The Hall–Kier alpha value is -2.65. The fraction of sp³-hybridized carbons (Fsp3) is 0.815. The van der Waals surface area contributed by atoms with E-state index in [0.717, 1.165) is 13.5 Å². The number of hydrogen-bond acceptors (Lipinski definition) is 7. The molecule has 210 valence electrons. The maximum absolute atomic E-state index is 13.9. The largest absolute Gasteiger partial charge is 0.463 e. The molecule has 1 saturated heterocycles. The van der Waals surface area contributed by atoms with Crippen molar-refractivity contribution < 1.29 is 33.4 Å². The molecule has 1 aliphatic heterocycles. The summed E-state index contributed by atoms with van der Waals surface area (Å²) in [5, 5.41) is 5.45. The standard InChI is InChI=1S/C27H45N3O7/c1-11-12-13-16(19(31)23(34)36-10)28-21(32)18-17-15(27(17,8)9)14-30(18)22(33)20(25(2,3)4)29-24(35)37-26(5,6)7/h15-18,20H,11-14H2,1-10H3,(H,28,32)(H,29,35). The molecule has 1 aliphatic carbocycles. The number of carbonyl (C=O) groups excluding carboxylic acids is 5. The van der Waals surface area contributed by atoms with Gasteiger partial charge in [0.15, 0.2) is 0 Å². The number of rotatable bonds is 9. The van der Waals surface area contributed by atoms with E-state index in [0.29, 0.717) is 19.4 Å². The van der Waals surface area contributed by atoms with Crippen molar-refractivity contribution in [2.75, 3.05) is 13.7 Å². The Morgan fingerprint density at radius 1 is 1.03 bits per heavy atom. The highest BCUT2D eigenvalue weighted by Gasteiger charge is 2.70. The number of methoxy groups -OCH3 is 1. The van der Waals surface area contributed by atoms with Crippen molar-refractivity contribution in [3.8, 4) is 0 Å². The van der Waals surface area contributed by atoms with E-state index in [9.17, 15) is 24.0 Å². The highest BCUT2D eigenvalue weighted by atomic mass is 16.6. The maximum atomic E-state index is 13.9. The van der Waals surface area contributed by atoms with Gasteiger partial charge in [-0.05, 0) is 49.9 Å². The van der Waals surface area contributed by atoms with Crippen LogP contribution >= 0.6 is 0 Å². The van der Waals surface area contributed by atoms with Crippen LogP contribution in [-0.4, -0.2) is 71.9 Å². The van der Waals surface area contributed by atoms with Crippen LogP contribution in [0.1, 0.15) is 81.6 Å².